The molecule has 1 atom stereocenters. The van der Waals surface area contributed by atoms with E-state index in [1.807, 2.05) is 37.3 Å². The summed E-state index contributed by atoms with van der Waals surface area (Å²) in [6, 6.07) is 8.54. The van der Waals surface area contributed by atoms with E-state index in [2.05, 4.69) is 18.4 Å². The van der Waals surface area contributed by atoms with E-state index in [9.17, 15) is 0 Å². The molecule has 0 bridgehead atoms. The molecule has 1 aromatic carbocycles. The Morgan fingerprint density at radius 2 is 2.00 bits per heavy atom. The van der Waals surface area contributed by atoms with Gasteiger partial charge in [-0.3, -0.25) is 10.4 Å². The van der Waals surface area contributed by atoms with Gasteiger partial charge >= 0.3 is 0 Å². The monoisotopic (exact) mass is 208 g/mol. The lowest BCUT2D eigenvalue weighted by molar-refractivity contribution is 0.248. The van der Waals surface area contributed by atoms with E-state index in [1.165, 1.54) is 5.56 Å². The Labute approximate surface area is 92.0 Å². The molecule has 0 fully saturated rings. The molecule has 15 heavy (non-hydrogen) atoms. The zero-order valence-electron chi connectivity index (χ0n) is 9.95. The number of nitrogens with zero attached hydrogens (tertiary/aromatic N) is 1. The summed E-state index contributed by atoms with van der Waals surface area (Å²) in [5, 5.41) is 1.97. The molecule has 0 amide bonds. The molecule has 0 heterocycles. The Balaban J connectivity index is 2.63. The largest absolute Gasteiger partial charge is 0.496 e. The third kappa shape index (κ3) is 3.90. The molecule has 1 N–H and O–H groups in total. The van der Waals surface area contributed by atoms with Gasteiger partial charge in [0.25, 0.3) is 0 Å². The van der Waals surface area contributed by atoms with Gasteiger partial charge in [0.15, 0.2) is 0 Å². The van der Waals surface area contributed by atoms with Gasteiger partial charge < -0.3 is 4.74 Å². The molecular weight excluding hydrogens is 188 g/mol. The first-order chi connectivity index (χ1) is 7.13. The van der Waals surface area contributed by atoms with E-state index < -0.39 is 0 Å². The molecular formula is C12H20N2O. The second-order valence-electron chi connectivity index (χ2n) is 3.94. The molecule has 0 aliphatic carbocycles. The van der Waals surface area contributed by atoms with Crippen molar-refractivity contribution in [3.8, 4) is 5.75 Å². The van der Waals surface area contributed by atoms with E-state index in [4.69, 9.17) is 4.74 Å². The van der Waals surface area contributed by atoms with Crippen molar-refractivity contribution in [1.29, 1.82) is 0 Å². The summed E-state index contributed by atoms with van der Waals surface area (Å²) in [6.45, 7) is 2.16. The fraction of sp³-hybridized carbons (Fsp3) is 0.500. The average Bonchev–Trinajstić information content (AvgIpc) is 2.17. The third-order valence-corrected chi connectivity index (χ3v) is 2.20. The quantitative estimate of drug-likeness (QED) is 0.745. The fourth-order valence-electron chi connectivity index (χ4n) is 1.69. The van der Waals surface area contributed by atoms with Crippen molar-refractivity contribution in [2.75, 3.05) is 21.2 Å². The first kappa shape index (κ1) is 12.0. The Morgan fingerprint density at radius 3 is 2.60 bits per heavy atom. The molecule has 84 valence electrons. The number of benzene rings is 1. The maximum atomic E-state index is 5.31. The van der Waals surface area contributed by atoms with Crippen LogP contribution in [0.25, 0.3) is 0 Å². The number of methoxy groups -OCH3 is 1. The number of rotatable bonds is 5. The van der Waals surface area contributed by atoms with Crippen LogP contribution in [0.3, 0.4) is 0 Å². The lowest BCUT2D eigenvalue weighted by Gasteiger charge is -2.20. The number of hydrogen-bond donors (Lipinski definition) is 1. The summed E-state index contributed by atoms with van der Waals surface area (Å²) in [5.74, 6) is 0.963. The Bertz CT molecular complexity index is 299. The van der Waals surface area contributed by atoms with Gasteiger partial charge in [-0.25, -0.2) is 0 Å². The van der Waals surface area contributed by atoms with E-state index >= 15 is 0 Å². The number of hydrazine groups is 1. The zero-order valence-corrected chi connectivity index (χ0v) is 9.95. The van der Waals surface area contributed by atoms with Gasteiger partial charge in [-0.1, -0.05) is 18.2 Å². The molecule has 0 radical (unpaired) electrons. The third-order valence-electron chi connectivity index (χ3n) is 2.20. The molecule has 0 aliphatic heterocycles. The van der Waals surface area contributed by atoms with E-state index in [-0.39, 0.29) is 0 Å². The second kappa shape index (κ2) is 5.73. The van der Waals surface area contributed by atoms with Crippen LogP contribution < -0.4 is 10.2 Å². The Morgan fingerprint density at radius 1 is 1.33 bits per heavy atom. The van der Waals surface area contributed by atoms with Crippen LogP contribution in [0.1, 0.15) is 12.5 Å². The number of ether oxygens (including phenoxy) is 1. The summed E-state index contributed by atoms with van der Waals surface area (Å²) >= 11 is 0. The molecule has 1 aromatic rings. The van der Waals surface area contributed by atoms with Crippen LogP contribution in [0.2, 0.25) is 0 Å². The highest BCUT2D eigenvalue weighted by Crippen LogP contribution is 2.18. The summed E-state index contributed by atoms with van der Waals surface area (Å²) in [6.07, 6.45) is 0.961. The minimum Gasteiger partial charge on any atom is -0.496 e. The van der Waals surface area contributed by atoms with Crippen LogP contribution in [0.4, 0.5) is 0 Å². The van der Waals surface area contributed by atoms with Crippen LogP contribution >= 0.6 is 0 Å². The standard InChI is InChI=1S/C12H20N2O/c1-10(13-14(2)3)9-11-7-5-6-8-12(11)15-4/h5-8,10,13H,9H2,1-4H3. The normalized spacial score (nSPS) is 12.9. The molecule has 3 heteroatoms. The molecule has 0 aromatic heterocycles. The van der Waals surface area contributed by atoms with E-state index in [1.54, 1.807) is 7.11 Å². The van der Waals surface area contributed by atoms with Crippen molar-refractivity contribution < 1.29 is 4.74 Å². The molecule has 1 rings (SSSR count). The Kier molecular flexibility index (Phi) is 4.59. The first-order valence-electron chi connectivity index (χ1n) is 5.19. The molecule has 1 unspecified atom stereocenters. The van der Waals surface area contributed by atoms with Gasteiger partial charge in [0.1, 0.15) is 5.75 Å². The van der Waals surface area contributed by atoms with Gasteiger partial charge in [0.05, 0.1) is 7.11 Å². The van der Waals surface area contributed by atoms with Gasteiger partial charge in [-0.15, -0.1) is 0 Å². The first-order valence-corrected chi connectivity index (χ1v) is 5.19. The summed E-state index contributed by atoms with van der Waals surface area (Å²) in [7, 11) is 5.71. The smallest absolute Gasteiger partial charge is 0.122 e. The topological polar surface area (TPSA) is 24.5 Å². The lowest BCUT2D eigenvalue weighted by Crippen LogP contribution is -2.39. The predicted octanol–water partition coefficient (Wildman–Crippen LogP) is 1.69. The zero-order chi connectivity index (χ0) is 11.3. The van der Waals surface area contributed by atoms with Crippen molar-refractivity contribution in [1.82, 2.24) is 10.4 Å². The summed E-state index contributed by atoms with van der Waals surface area (Å²) in [5.41, 5.74) is 4.56. The maximum Gasteiger partial charge on any atom is 0.122 e. The average molecular weight is 208 g/mol. The number of para-hydroxylation sites is 1. The van der Waals surface area contributed by atoms with Crippen molar-refractivity contribution >= 4 is 0 Å². The maximum absolute atomic E-state index is 5.31. The molecule has 0 aliphatic rings. The van der Waals surface area contributed by atoms with Crippen molar-refractivity contribution in [2.45, 2.75) is 19.4 Å². The summed E-state index contributed by atoms with van der Waals surface area (Å²) < 4.78 is 5.31. The van der Waals surface area contributed by atoms with Gasteiger partial charge in [-0.2, -0.15) is 0 Å². The highest BCUT2D eigenvalue weighted by Gasteiger charge is 2.07. The SMILES string of the molecule is COc1ccccc1CC(C)NN(C)C. The highest BCUT2D eigenvalue weighted by molar-refractivity contribution is 5.33. The lowest BCUT2D eigenvalue weighted by atomic mass is 10.1. The molecule has 0 saturated carbocycles. The molecule has 3 nitrogen and oxygen atoms in total. The second-order valence-corrected chi connectivity index (χ2v) is 3.94. The number of nitrogens with one attached hydrogen (secondary N) is 1. The van der Waals surface area contributed by atoms with Crippen LogP contribution in [-0.4, -0.2) is 32.3 Å². The minimum atomic E-state index is 0.399. The van der Waals surface area contributed by atoms with Crippen molar-refractivity contribution in [3.05, 3.63) is 29.8 Å². The Hall–Kier alpha value is -1.06. The van der Waals surface area contributed by atoms with Crippen molar-refractivity contribution in [3.63, 3.8) is 0 Å². The summed E-state index contributed by atoms with van der Waals surface area (Å²) in [4.78, 5) is 0. The van der Waals surface area contributed by atoms with Gasteiger partial charge in [-0.05, 0) is 25.0 Å². The van der Waals surface area contributed by atoms with Gasteiger partial charge in [0.2, 0.25) is 0 Å². The van der Waals surface area contributed by atoms with Crippen LogP contribution in [-0.2, 0) is 6.42 Å². The molecule has 0 saturated heterocycles. The van der Waals surface area contributed by atoms with Crippen LogP contribution in [0.5, 0.6) is 5.75 Å². The van der Waals surface area contributed by atoms with Crippen LogP contribution in [0.15, 0.2) is 24.3 Å². The highest BCUT2D eigenvalue weighted by atomic mass is 16.5. The van der Waals surface area contributed by atoms with Crippen molar-refractivity contribution in [2.24, 2.45) is 0 Å². The predicted molar refractivity (Wildman–Crippen MR) is 63.0 cm³/mol. The molecule has 0 spiro atoms. The van der Waals surface area contributed by atoms with E-state index in [0.717, 1.165) is 12.2 Å². The van der Waals surface area contributed by atoms with Crippen LogP contribution in [0, 0.1) is 0 Å². The minimum absolute atomic E-state index is 0.399. The number of hydrogen-bond acceptors (Lipinski definition) is 3. The van der Waals surface area contributed by atoms with E-state index in [0.29, 0.717) is 6.04 Å². The fourth-order valence-corrected chi connectivity index (χ4v) is 1.69. The van der Waals surface area contributed by atoms with Gasteiger partial charge in [0, 0.05) is 20.1 Å².